The summed E-state index contributed by atoms with van der Waals surface area (Å²) in [6.45, 7) is 3.74. The first-order chi connectivity index (χ1) is 5.52. The lowest BCUT2D eigenvalue weighted by Crippen LogP contribution is -2.25. The number of nitrogens with two attached hydrogens (primary N) is 1. The summed E-state index contributed by atoms with van der Waals surface area (Å²) in [6, 6.07) is 0.0419. The van der Waals surface area contributed by atoms with E-state index in [4.69, 9.17) is 17.3 Å². The largest absolute Gasteiger partial charge is 0.379 e. The summed E-state index contributed by atoms with van der Waals surface area (Å²) in [5.41, 5.74) is 5.03. The number of nitrogens with zero attached hydrogens (tertiary/aromatic N) is 2. The lowest BCUT2D eigenvalue weighted by molar-refractivity contribution is 0.576. The smallest absolute Gasteiger partial charge is 0.293 e. The number of hydrogen-bond donors (Lipinski definition) is 1. The van der Waals surface area contributed by atoms with Crippen LogP contribution in [-0.4, -0.2) is 9.55 Å². The lowest BCUT2D eigenvalue weighted by atomic mass is 10.4. The van der Waals surface area contributed by atoms with Crippen LogP contribution in [0.2, 0.25) is 5.15 Å². The maximum absolute atomic E-state index is 11.3. The summed E-state index contributed by atoms with van der Waals surface area (Å²) in [5, 5.41) is 0.237. The van der Waals surface area contributed by atoms with Crippen molar-refractivity contribution in [3.05, 3.63) is 21.7 Å². The second kappa shape index (κ2) is 3.15. The van der Waals surface area contributed by atoms with Crippen LogP contribution >= 0.6 is 11.6 Å². The fourth-order valence-electron chi connectivity index (χ4n) is 0.881. The molecule has 2 N–H and O–H groups in total. The molecule has 1 rings (SSSR count). The predicted octanol–water partition coefficient (Wildman–Crippen LogP) is 1.06. The van der Waals surface area contributed by atoms with Gasteiger partial charge in [-0.1, -0.05) is 11.6 Å². The Bertz CT molecular complexity index is 345. The predicted molar refractivity (Wildman–Crippen MR) is 48.3 cm³/mol. The molecule has 0 spiro atoms. The quantitative estimate of drug-likeness (QED) is 0.715. The molecular formula is C7H10ClN3O. The second-order valence-electron chi connectivity index (χ2n) is 2.76. The Morgan fingerprint density at radius 1 is 1.67 bits per heavy atom. The highest BCUT2D eigenvalue weighted by Crippen LogP contribution is 2.07. The molecule has 12 heavy (non-hydrogen) atoms. The summed E-state index contributed by atoms with van der Waals surface area (Å²) in [5.74, 6) is -0.0591. The van der Waals surface area contributed by atoms with Crippen LogP contribution in [0, 0.1) is 0 Å². The molecule has 0 aromatic carbocycles. The zero-order valence-corrected chi connectivity index (χ0v) is 7.67. The van der Waals surface area contributed by atoms with Crippen molar-refractivity contribution < 1.29 is 0 Å². The molecule has 0 amide bonds. The average molecular weight is 188 g/mol. The Balaban J connectivity index is 3.38. The molecule has 5 heteroatoms. The maximum Gasteiger partial charge on any atom is 0.293 e. The van der Waals surface area contributed by atoms with Gasteiger partial charge in [-0.25, -0.2) is 4.98 Å². The van der Waals surface area contributed by atoms with Crippen molar-refractivity contribution in [1.82, 2.24) is 9.55 Å². The topological polar surface area (TPSA) is 60.9 Å². The van der Waals surface area contributed by atoms with Crippen molar-refractivity contribution in [2.75, 3.05) is 5.73 Å². The maximum atomic E-state index is 11.3. The van der Waals surface area contributed by atoms with Crippen LogP contribution in [0.1, 0.15) is 19.9 Å². The van der Waals surface area contributed by atoms with Crippen molar-refractivity contribution >= 4 is 17.4 Å². The SMILES string of the molecule is CC(C)n1cc(Cl)nc(N)c1=O. The van der Waals surface area contributed by atoms with Crippen LogP contribution in [0.3, 0.4) is 0 Å². The molecule has 0 bridgehead atoms. The minimum Gasteiger partial charge on any atom is -0.379 e. The molecule has 4 nitrogen and oxygen atoms in total. The molecule has 0 saturated heterocycles. The third-order valence-corrected chi connectivity index (χ3v) is 1.66. The zero-order chi connectivity index (χ0) is 9.30. The molecule has 0 unspecified atom stereocenters. The van der Waals surface area contributed by atoms with Crippen LogP contribution in [0.15, 0.2) is 11.0 Å². The van der Waals surface area contributed by atoms with E-state index in [0.29, 0.717) is 0 Å². The molecule has 1 heterocycles. The summed E-state index contributed by atoms with van der Waals surface area (Å²) < 4.78 is 1.45. The fraction of sp³-hybridized carbons (Fsp3) is 0.429. The standard InChI is InChI=1S/C7H10ClN3O/c1-4(2)11-3-5(8)10-6(9)7(11)12/h3-4H,1-2H3,(H2,9,10). The molecular weight excluding hydrogens is 178 g/mol. The Kier molecular flexibility index (Phi) is 2.38. The van der Waals surface area contributed by atoms with Gasteiger partial charge in [0.1, 0.15) is 5.15 Å². The summed E-state index contributed by atoms with van der Waals surface area (Å²) in [6.07, 6.45) is 1.48. The van der Waals surface area contributed by atoms with Crippen LogP contribution in [0.25, 0.3) is 0 Å². The first-order valence-electron chi connectivity index (χ1n) is 3.56. The normalized spacial score (nSPS) is 10.7. The van der Waals surface area contributed by atoms with Gasteiger partial charge in [-0.05, 0) is 13.8 Å². The first-order valence-corrected chi connectivity index (χ1v) is 3.94. The molecule has 0 atom stereocenters. The Hall–Kier alpha value is -1.03. The number of rotatable bonds is 1. The van der Waals surface area contributed by atoms with Gasteiger partial charge < -0.3 is 10.3 Å². The van der Waals surface area contributed by atoms with E-state index in [1.54, 1.807) is 0 Å². The van der Waals surface area contributed by atoms with E-state index in [9.17, 15) is 4.79 Å². The minimum absolute atomic E-state index is 0.0419. The van der Waals surface area contributed by atoms with Crippen molar-refractivity contribution in [2.45, 2.75) is 19.9 Å². The highest BCUT2D eigenvalue weighted by Gasteiger charge is 2.06. The Morgan fingerprint density at radius 2 is 2.25 bits per heavy atom. The first kappa shape index (κ1) is 9.06. The third-order valence-electron chi connectivity index (χ3n) is 1.48. The van der Waals surface area contributed by atoms with E-state index in [2.05, 4.69) is 4.98 Å². The van der Waals surface area contributed by atoms with E-state index < -0.39 is 0 Å². The molecule has 0 saturated carbocycles. The number of anilines is 1. The van der Waals surface area contributed by atoms with Crippen LogP contribution in [-0.2, 0) is 0 Å². The van der Waals surface area contributed by atoms with E-state index in [1.165, 1.54) is 10.8 Å². The second-order valence-corrected chi connectivity index (χ2v) is 3.14. The highest BCUT2D eigenvalue weighted by atomic mass is 35.5. The molecule has 0 aliphatic rings. The van der Waals surface area contributed by atoms with Gasteiger partial charge in [-0.2, -0.15) is 0 Å². The lowest BCUT2D eigenvalue weighted by Gasteiger charge is -2.09. The van der Waals surface area contributed by atoms with E-state index >= 15 is 0 Å². The molecule has 0 radical (unpaired) electrons. The molecule has 0 aliphatic heterocycles. The van der Waals surface area contributed by atoms with Gasteiger partial charge in [0.15, 0.2) is 5.82 Å². The van der Waals surface area contributed by atoms with Crippen LogP contribution < -0.4 is 11.3 Å². The van der Waals surface area contributed by atoms with Gasteiger partial charge in [-0.15, -0.1) is 0 Å². The zero-order valence-electron chi connectivity index (χ0n) is 6.91. The fourth-order valence-corrected chi connectivity index (χ4v) is 1.08. The monoisotopic (exact) mass is 187 g/mol. The summed E-state index contributed by atoms with van der Waals surface area (Å²) in [4.78, 5) is 14.9. The van der Waals surface area contributed by atoms with Crippen LogP contribution in [0.4, 0.5) is 5.82 Å². The van der Waals surface area contributed by atoms with Crippen LogP contribution in [0.5, 0.6) is 0 Å². The Labute approximate surface area is 75.0 Å². The minimum atomic E-state index is -0.297. The molecule has 1 aromatic heterocycles. The van der Waals surface area contributed by atoms with E-state index in [0.717, 1.165) is 0 Å². The molecule has 66 valence electrons. The van der Waals surface area contributed by atoms with Crippen molar-refractivity contribution in [1.29, 1.82) is 0 Å². The molecule has 0 fully saturated rings. The summed E-state index contributed by atoms with van der Waals surface area (Å²) >= 11 is 5.62. The average Bonchev–Trinajstić information content (AvgIpc) is 1.96. The van der Waals surface area contributed by atoms with Crippen molar-refractivity contribution in [2.24, 2.45) is 0 Å². The van der Waals surface area contributed by atoms with Gasteiger partial charge >= 0.3 is 0 Å². The van der Waals surface area contributed by atoms with Gasteiger partial charge in [0.2, 0.25) is 0 Å². The van der Waals surface area contributed by atoms with Gasteiger partial charge in [0, 0.05) is 12.2 Å². The van der Waals surface area contributed by atoms with Gasteiger partial charge in [0.05, 0.1) is 0 Å². The van der Waals surface area contributed by atoms with Gasteiger partial charge in [-0.3, -0.25) is 4.79 Å². The molecule has 1 aromatic rings. The molecule has 0 aliphatic carbocycles. The van der Waals surface area contributed by atoms with E-state index in [1.807, 2.05) is 13.8 Å². The van der Waals surface area contributed by atoms with Crippen molar-refractivity contribution in [3.63, 3.8) is 0 Å². The van der Waals surface area contributed by atoms with Gasteiger partial charge in [0.25, 0.3) is 5.56 Å². The third kappa shape index (κ3) is 1.58. The highest BCUT2D eigenvalue weighted by molar-refractivity contribution is 6.29. The van der Waals surface area contributed by atoms with Crippen molar-refractivity contribution in [3.8, 4) is 0 Å². The number of nitrogen functional groups attached to an aromatic ring is 1. The van der Waals surface area contributed by atoms with E-state index in [-0.39, 0.29) is 22.6 Å². The number of aromatic nitrogens is 2. The number of hydrogen-bond acceptors (Lipinski definition) is 3. The summed E-state index contributed by atoms with van der Waals surface area (Å²) in [7, 11) is 0. The number of halogens is 1. The Morgan fingerprint density at radius 3 is 2.75 bits per heavy atom.